The fraction of sp³-hybridized carbons (Fsp3) is 0.538. The van der Waals surface area contributed by atoms with Gasteiger partial charge in [-0.15, -0.1) is 5.10 Å². The van der Waals surface area contributed by atoms with E-state index in [-0.39, 0.29) is 0 Å². The van der Waals surface area contributed by atoms with Gasteiger partial charge in [-0.2, -0.15) is 4.68 Å². The van der Waals surface area contributed by atoms with Gasteiger partial charge in [-0.25, -0.2) is 4.98 Å². The van der Waals surface area contributed by atoms with E-state index in [1.807, 2.05) is 6.20 Å². The van der Waals surface area contributed by atoms with Gasteiger partial charge in [0.2, 0.25) is 0 Å². The molecule has 0 bridgehead atoms. The molecule has 2 aromatic rings. The Hall–Kier alpha value is -1.78. The van der Waals surface area contributed by atoms with E-state index in [2.05, 4.69) is 47.3 Å². The van der Waals surface area contributed by atoms with Gasteiger partial charge < -0.3 is 0 Å². The molecule has 1 unspecified atom stereocenters. The summed E-state index contributed by atoms with van der Waals surface area (Å²) in [4.78, 5) is 4.48. The normalized spacial score (nSPS) is 18.9. The van der Waals surface area contributed by atoms with E-state index >= 15 is 0 Å². The van der Waals surface area contributed by atoms with Gasteiger partial charge in [0.25, 0.3) is 0 Å². The summed E-state index contributed by atoms with van der Waals surface area (Å²) >= 11 is 0. The molecule has 0 saturated carbocycles. The summed E-state index contributed by atoms with van der Waals surface area (Å²) in [6, 6.07) is 2.11. The molecule has 5 heteroatoms. The number of tetrazole rings is 1. The zero-order valence-electron chi connectivity index (χ0n) is 11.0. The summed E-state index contributed by atoms with van der Waals surface area (Å²) in [6.07, 6.45) is 5.90. The molecule has 0 aromatic carbocycles. The first-order valence-corrected chi connectivity index (χ1v) is 6.28. The van der Waals surface area contributed by atoms with E-state index in [9.17, 15) is 0 Å². The summed E-state index contributed by atoms with van der Waals surface area (Å²) in [6.45, 7) is 6.88. The third-order valence-corrected chi connectivity index (χ3v) is 3.72. The largest absolute Gasteiger partial charge is 0.237 e. The Morgan fingerprint density at radius 1 is 1.33 bits per heavy atom. The van der Waals surface area contributed by atoms with Crippen LogP contribution in [0.4, 0.5) is 0 Å². The zero-order valence-corrected chi connectivity index (χ0v) is 11.0. The van der Waals surface area contributed by atoms with Crippen molar-refractivity contribution in [3.05, 3.63) is 29.7 Å². The van der Waals surface area contributed by atoms with E-state index < -0.39 is 0 Å². The average molecular weight is 243 g/mol. The van der Waals surface area contributed by atoms with Crippen LogP contribution in [0.1, 0.15) is 44.2 Å². The summed E-state index contributed by atoms with van der Waals surface area (Å²) in [7, 11) is 0. The Morgan fingerprint density at radius 3 is 2.83 bits per heavy atom. The summed E-state index contributed by atoms with van der Waals surface area (Å²) in [5, 5.41) is 11.2. The minimum absolute atomic E-state index is 0.295. The summed E-state index contributed by atoms with van der Waals surface area (Å²) in [5.74, 6) is 1.40. The van der Waals surface area contributed by atoms with Gasteiger partial charge in [0.05, 0.1) is 0 Å². The number of aryl methyl sites for hydroxylation is 1. The monoisotopic (exact) mass is 243 g/mol. The van der Waals surface area contributed by atoms with E-state index in [0.717, 1.165) is 12.2 Å². The Bertz CT molecular complexity index is 553. The van der Waals surface area contributed by atoms with Crippen molar-refractivity contribution in [1.82, 2.24) is 25.2 Å². The highest BCUT2D eigenvalue weighted by Crippen LogP contribution is 2.44. The van der Waals surface area contributed by atoms with Gasteiger partial charge in [-0.05, 0) is 51.8 Å². The maximum absolute atomic E-state index is 4.48. The van der Waals surface area contributed by atoms with Crippen LogP contribution in [0.2, 0.25) is 0 Å². The van der Waals surface area contributed by atoms with Gasteiger partial charge in [0, 0.05) is 6.20 Å². The van der Waals surface area contributed by atoms with E-state index in [4.69, 9.17) is 0 Å². The fourth-order valence-corrected chi connectivity index (χ4v) is 2.77. The standard InChI is InChI=1S/C13H17N5/c1-13(2,3)11-5-4-9-6-12(14-7-10(9)11)18-8-15-16-17-18/h6-8,11H,4-5H2,1-3H3. The van der Waals surface area contributed by atoms with Crippen LogP contribution in [0.5, 0.6) is 0 Å². The van der Waals surface area contributed by atoms with Gasteiger partial charge in [0.15, 0.2) is 5.82 Å². The molecule has 0 aliphatic heterocycles. The van der Waals surface area contributed by atoms with Crippen LogP contribution in [0.3, 0.4) is 0 Å². The van der Waals surface area contributed by atoms with E-state index in [1.54, 1.807) is 11.0 Å². The smallest absolute Gasteiger partial charge is 0.157 e. The number of hydrogen-bond acceptors (Lipinski definition) is 4. The fourth-order valence-electron chi connectivity index (χ4n) is 2.77. The second-order valence-electron chi connectivity index (χ2n) is 5.95. The molecule has 0 saturated heterocycles. The zero-order chi connectivity index (χ0) is 12.8. The van der Waals surface area contributed by atoms with Gasteiger partial charge in [-0.1, -0.05) is 20.8 Å². The Morgan fingerprint density at radius 2 is 2.17 bits per heavy atom. The molecular weight excluding hydrogens is 226 g/mol. The molecule has 94 valence electrons. The van der Waals surface area contributed by atoms with Gasteiger partial charge >= 0.3 is 0 Å². The third-order valence-electron chi connectivity index (χ3n) is 3.72. The van der Waals surface area contributed by atoms with Crippen LogP contribution in [0, 0.1) is 5.41 Å². The third kappa shape index (κ3) is 1.79. The maximum atomic E-state index is 4.48. The molecule has 18 heavy (non-hydrogen) atoms. The molecule has 1 atom stereocenters. The van der Waals surface area contributed by atoms with Gasteiger partial charge in [0.1, 0.15) is 6.33 Å². The molecule has 0 radical (unpaired) electrons. The van der Waals surface area contributed by atoms with Crippen LogP contribution in [0.15, 0.2) is 18.6 Å². The van der Waals surface area contributed by atoms with Crippen molar-refractivity contribution in [2.75, 3.05) is 0 Å². The Kier molecular flexibility index (Phi) is 2.43. The first-order chi connectivity index (χ1) is 8.55. The highest BCUT2D eigenvalue weighted by Gasteiger charge is 2.32. The molecule has 1 aliphatic rings. The lowest BCUT2D eigenvalue weighted by atomic mass is 9.78. The minimum atomic E-state index is 0.295. The number of aromatic nitrogens is 5. The predicted octanol–water partition coefficient (Wildman–Crippen LogP) is 2.13. The molecule has 0 fully saturated rings. The van der Waals surface area contributed by atoms with Crippen molar-refractivity contribution < 1.29 is 0 Å². The van der Waals surface area contributed by atoms with Crippen LogP contribution in [-0.4, -0.2) is 25.2 Å². The number of nitrogens with zero attached hydrogens (tertiary/aromatic N) is 5. The molecule has 0 amide bonds. The van der Waals surface area contributed by atoms with Crippen molar-refractivity contribution in [2.45, 2.75) is 39.5 Å². The number of pyridine rings is 1. The first-order valence-electron chi connectivity index (χ1n) is 6.28. The van der Waals surface area contributed by atoms with Crippen molar-refractivity contribution in [3.63, 3.8) is 0 Å². The lowest BCUT2D eigenvalue weighted by Gasteiger charge is -2.27. The molecule has 2 heterocycles. The summed E-state index contributed by atoms with van der Waals surface area (Å²) < 4.78 is 1.60. The molecule has 0 N–H and O–H groups in total. The van der Waals surface area contributed by atoms with Crippen molar-refractivity contribution in [2.24, 2.45) is 5.41 Å². The highest BCUT2D eigenvalue weighted by molar-refractivity contribution is 5.39. The highest BCUT2D eigenvalue weighted by atomic mass is 15.5. The lowest BCUT2D eigenvalue weighted by Crippen LogP contribution is -2.16. The lowest BCUT2D eigenvalue weighted by molar-refractivity contribution is 0.318. The maximum Gasteiger partial charge on any atom is 0.157 e. The minimum Gasteiger partial charge on any atom is -0.237 e. The van der Waals surface area contributed by atoms with E-state index in [1.165, 1.54) is 17.5 Å². The van der Waals surface area contributed by atoms with Gasteiger partial charge in [-0.3, -0.25) is 0 Å². The van der Waals surface area contributed by atoms with Crippen LogP contribution >= 0.6 is 0 Å². The topological polar surface area (TPSA) is 56.5 Å². The number of fused-ring (bicyclic) bond motifs is 1. The van der Waals surface area contributed by atoms with E-state index in [0.29, 0.717) is 11.3 Å². The van der Waals surface area contributed by atoms with Crippen molar-refractivity contribution in [1.29, 1.82) is 0 Å². The second-order valence-corrected chi connectivity index (χ2v) is 5.95. The quantitative estimate of drug-likeness (QED) is 0.770. The van der Waals surface area contributed by atoms with Crippen LogP contribution in [0.25, 0.3) is 5.82 Å². The molecule has 0 spiro atoms. The Balaban J connectivity index is 2.00. The Labute approximate surface area is 106 Å². The molecule has 3 rings (SSSR count). The average Bonchev–Trinajstić information content (AvgIpc) is 2.96. The SMILES string of the molecule is CC(C)(C)C1CCc2cc(-n3cnnn3)ncc21. The van der Waals surface area contributed by atoms with Crippen molar-refractivity contribution in [3.8, 4) is 5.82 Å². The molecule has 1 aliphatic carbocycles. The van der Waals surface area contributed by atoms with Crippen LogP contribution in [-0.2, 0) is 6.42 Å². The number of rotatable bonds is 1. The first kappa shape index (κ1) is 11.3. The second kappa shape index (κ2) is 3.86. The predicted molar refractivity (Wildman–Crippen MR) is 67.5 cm³/mol. The molecule has 2 aromatic heterocycles. The summed E-state index contributed by atoms with van der Waals surface area (Å²) in [5.41, 5.74) is 3.07. The molecular formula is C13H17N5. The number of hydrogen-bond donors (Lipinski definition) is 0. The van der Waals surface area contributed by atoms with Crippen LogP contribution < -0.4 is 0 Å². The molecule has 5 nitrogen and oxygen atoms in total. The van der Waals surface area contributed by atoms with Crippen molar-refractivity contribution >= 4 is 0 Å².